The topological polar surface area (TPSA) is 617 Å². The van der Waals surface area contributed by atoms with E-state index in [9.17, 15) is 35.9 Å². The second kappa shape index (κ2) is 70.6. The average molecular weight is 2180 g/mol. The van der Waals surface area contributed by atoms with Crippen LogP contribution in [0.25, 0.3) is 0 Å². The van der Waals surface area contributed by atoms with Crippen LogP contribution in [0, 0.1) is 77.8 Å². The number of ether oxygens (including phenoxy) is 15. The van der Waals surface area contributed by atoms with Gasteiger partial charge >= 0.3 is 0 Å². The number of hydrogen-bond acceptors (Lipinski definition) is 33. The molecule has 149 heavy (non-hydrogen) atoms. The fraction of sp³-hybridized carbons (Fsp3) is 0.369. The van der Waals surface area contributed by atoms with E-state index < -0.39 is 0 Å². The van der Waals surface area contributed by atoms with E-state index in [4.69, 9.17) is 147 Å². The summed E-state index contributed by atoms with van der Waals surface area (Å²) in [6.45, 7) is 12.1. The van der Waals surface area contributed by atoms with E-state index >= 15 is 0 Å². The molecule has 0 fully saturated rings. The molecule has 20 N–H and O–H groups in total. The Hall–Kier alpha value is -16.1. The van der Waals surface area contributed by atoms with Crippen molar-refractivity contribution in [3.8, 4) is 139 Å². The van der Waals surface area contributed by atoms with Gasteiger partial charge in [-0.05, 0) is 271 Å². The summed E-state index contributed by atoms with van der Waals surface area (Å²) in [6.07, 6.45) is 18.5. The number of amidine groups is 3. The predicted octanol–water partition coefficient (Wildman–Crippen LogP) is 21.5. The molecule has 10 aromatic rings. The summed E-state index contributed by atoms with van der Waals surface area (Å²) in [4.78, 5) is 0. The highest BCUT2D eigenvalue weighted by Crippen LogP contribution is 2.33. The molecule has 0 aromatic heterocycles. The van der Waals surface area contributed by atoms with Crippen LogP contribution in [0.3, 0.4) is 0 Å². The van der Waals surface area contributed by atoms with Crippen molar-refractivity contribution < 1.29 is 112 Å². The molecule has 0 aliphatic rings. The number of alkyl halides is 2. The highest BCUT2D eigenvalue weighted by atomic mass is 79.9. The molecular weight excluding hydrogens is 2040 g/mol. The number of nitrogen functional groups attached to an aromatic ring is 3. The summed E-state index contributed by atoms with van der Waals surface area (Å²) in [5.41, 5.74) is 20.9. The van der Waals surface area contributed by atoms with Crippen LogP contribution < -0.4 is 74.0 Å². The lowest BCUT2D eigenvalue weighted by Gasteiger charge is -2.13. The summed E-state index contributed by atoms with van der Waals surface area (Å²) in [5, 5.41) is 161. The molecule has 0 unspecified atom stereocenters. The molecule has 0 aliphatic heterocycles. The summed E-state index contributed by atoms with van der Waals surface area (Å²) < 4.78 is 85.4. The molecule has 0 bridgehead atoms. The number of nitriles is 4. The minimum Gasteiger partial charge on any atom is -0.508 e. The lowest BCUT2D eigenvalue weighted by atomic mass is 10.2. The first-order chi connectivity index (χ1) is 71.9. The minimum atomic E-state index is -0.139. The van der Waals surface area contributed by atoms with Gasteiger partial charge in [0.05, 0.1) is 146 Å². The van der Waals surface area contributed by atoms with Crippen molar-refractivity contribution in [3.05, 3.63) is 238 Å². The molecule has 0 atom stereocenters. The van der Waals surface area contributed by atoms with Gasteiger partial charge in [-0.3, -0.25) is 32.5 Å². The van der Waals surface area contributed by atoms with E-state index in [2.05, 4.69) is 37.9 Å². The number of aromatic hydroxyl groups is 8. The Balaban J connectivity index is 0.000000315. The molecule has 796 valence electrons. The Bertz CT molecular complexity index is 5740. The van der Waals surface area contributed by atoms with Gasteiger partial charge in [-0.1, -0.05) is 38.3 Å². The lowest BCUT2D eigenvalue weighted by Crippen LogP contribution is -2.12. The summed E-state index contributed by atoms with van der Waals surface area (Å²) in [5.74, 6) is 5.75. The molecular formula is C111H135Br2N13O23. The molecule has 36 nitrogen and oxygen atoms in total. The van der Waals surface area contributed by atoms with E-state index in [1.165, 1.54) is 110 Å². The second-order valence-corrected chi connectivity index (χ2v) is 34.7. The third-order valence-electron chi connectivity index (χ3n) is 20.7. The lowest BCUT2D eigenvalue weighted by molar-refractivity contribution is 0.270. The summed E-state index contributed by atoms with van der Waals surface area (Å²) in [7, 11) is 0. The molecule has 0 saturated carbocycles. The number of phenols is 8. The molecule has 10 aromatic carbocycles. The summed E-state index contributed by atoms with van der Waals surface area (Å²) >= 11 is 6.73. The van der Waals surface area contributed by atoms with E-state index in [1.807, 2.05) is 25.1 Å². The van der Waals surface area contributed by atoms with Crippen molar-refractivity contribution in [1.82, 2.24) is 0 Å². The normalized spacial score (nSPS) is 10.3. The van der Waals surface area contributed by atoms with Gasteiger partial charge < -0.3 is 129 Å². The predicted molar refractivity (Wildman–Crippen MR) is 575 cm³/mol. The fourth-order valence-electron chi connectivity index (χ4n) is 13.5. The minimum absolute atomic E-state index is 0.00183. The zero-order valence-corrected chi connectivity index (χ0v) is 87.3. The van der Waals surface area contributed by atoms with Crippen LogP contribution in [0.15, 0.2) is 182 Å². The maximum Gasteiger partial charge on any atom is 0.213 e. The molecule has 0 heterocycles. The monoisotopic (exact) mass is 2180 g/mol. The number of halogens is 2. The first-order valence-electron chi connectivity index (χ1n) is 48.9. The maximum absolute atomic E-state index is 9.96. The Labute approximate surface area is 886 Å². The quantitative estimate of drug-likeness (QED) is 0.00728. The Morgan fingerprint density at radius 3 is 0.577 bits per heavy atom. The van der Waals surface area contributed by atoms with Crippen LogP contribution in [0.1, 0.15) is 211 Å². The smallest absolute Gasteiger partial charge is 0.213 e. The number of phenolic OH excluding ortho intramolecular Hbond substituents is 8. The molecule has 10 rings (SSSR count). The maximum atomic E-state index is 9.96. The number of nitrogens with zero attached hydrogens (tertiary/aromatic N) is 4. The highest BCUT2D eigenvalue weighted by Gasteiger charge is 2.17. The number of nitrogens with one attached hydrogen (secondary N) is 6. The van der Waals surface area contributed by atoms with Gasteiger partial charge in [-0.2, -0.15) is 21.0 Å². The summed E-state index contributed by atoms with van der Waals surface area (Å²) in [6, 6.07) is 54.5. The number of nitrogens with two attached hydrogens (primary N) is 3. The molecule has 0 radical (unpaired) electrons. The van der Waals surface area contributed by atoms with E-state index in [0.29, 0.717) is 218 Å². The Kier molecular flexibility index (Phi) is 57.7. The number of hydrogen-bond donors (Lipinski definition) is 17. The Morgan fingerprint density at radius 1 is 0.215 bits per heavy atom. The van der Waals surface area contributed by atoms with Crippen molar-refractivity contribution in [3.63, 3.8) is 0 Å². The van der Waals surface area contributed by atoms with Crippen molar-refractivity contribution in [1.29, 1.82) is 53.5 Å². The zero-order chi connectivity index (χ0) is 108. The van der Waals surface area contributed by atoms with Crippen LogP contribution in [0.2, 0.25) is 0 Å². The van der Waals surface area contributed by atoms with Crippen LogP contribution in [-0.2, 0) is 14.2 Å². The van der Waals surface area contributed by atoms with Crippen molar-refractivity contribution >= 4 is 67.1 Å². The van der Waals surface area contributed by atoms with Crippen LogP contribution in [-0.4, -0.2) is 186 Å². The highest BCUT2D eigenvalue weighted by molar-refractivity contribution is 9.09. The van der Waals surface area contributed by atoms with E-state index in [1.54, 1.807) is 105 Å². The van der Waals surface area contributed by atoms with Gasteiger partial charge in [0.2, 0.25) is 17.7 Å². The van der Waals surface area contributed by atoms with Gasteiger partial charge in [-0.15, -0.1) is 0 Å². The van der Waals surface area contributed by atoms with E-state index in [0.717, 1.165) is 126 Å². The third-order valence-corrected chi connectivity index (χ3v) is 21.8. The third kappa shape index (κ3) is 51.0. The van der Waals surface area contributed by atoms with Gasteiger partial charge in [-0.25, -0.2) is 0 Å². The van der Waals surface area contributed by atoms with Crippen LogP contribution in [0.4, 0.5) is 0 Å². The van der Waals surface area contributed by atoms with Crippen molar-refractivity contribution in [2.24, 2.45) is 17.2 Å². The van der Waals surface area contributed by atoms with Gasteiger partial charge in [0.25, 0.3) is 0 Å². The molecule has 0 aliphatic carbocycles. The van der Waals surface area contributed by atoms with E-state index in [-0.39, 0.29) is 86.8 Å². The first kappa shape index (κ1) is 122. The molecule has 0 amide bonds. The van der Waals surface area contributed by atoms with Crippen molar-refractivity contribution in [2.45, 2.75) is 156 Å². The average Bonchev–Trinajstić information content (AvgIpc) is 0.758. The van der Waals surface area contributed by atoms with Gasteiger partial charge in [0.1, 0.15) is 132 Å². The van der Waals surface area contributed by atoms with Gasteiger partial charge in [0, 0.05) is 105 Å². The van der Waals surface area contributed by atoms with Crippen LogP contribution >= 0.6 is 31.9 Å². The zero-order valence-electron chi connectivity index (χ0n) is 84.2. The molecule has 0 saturated heterocycles. The number of benzene rings is 10. The second-order valence-electron chi connectivity index (χ2n) is 33.1. The standard InChI is InChI=1S/C37H49N3O9.C31H40N6O6.C31H31N3O6.C7H5NO2.C5H10Br2/c1-4-43-35(38)26-17-29(41)23-31(19-26)46-13-9-7-11-15-48-33-21-28(37(40)45-6-3)22-34(25-33)49-16-12-8-10-14-47-32-20-27(18-30(42)24-32)36(39)44-5-2;32-29(33)20-11-23(38)17-25(13-20)40-7-3-1-5-9-42-27-15-22(31(36)37)16-28(19-27)43-10-6-2-4-8-41-26-14-21(30(34)35)12-24(39)18-26;32-20-23-11-26(35)17-28(13-23)37-7-3-1-5-9-39-30-15-25(22-34)16-31(19-30)40-10-6-2-4-8-38-29-14-24(21-33)12-27(36)18-29;8-4-5-1-6(9)3-7(10)2-5;6-4-2-1-3-5-7/h17-25,38-42H,4-16H2,1-3H3;11-19,38-39H,1-10H2,(H3,32,33)(H3,34,35)(H3,36,37);11-19,35-36H,1-10H2;1-3,9-10H;1-5H2. The first-order valence-corrected chi connectivity index (χ1v) is 51.2. The SMILES string of the molecule is BrCCCCCBr.CCOC(=N)c1cc(O)cc(OCCCCCOc2cc(OCCCCCOc3cc(O)cc(C(=N)OCC)c3)cc(C(=N)OCC)c2)c1.N#Cc1cc(O)cc(O)c1.N#Cc1cc(O)cc(OCCCCCOc2cc(C#N)cc(OCCCCCOc3cc(O)cc(C#N)c3)c2)c1.N=C(N)c1cc(O)cc(OCCCCCOc2cc(OCCCCCOc3cc(O)cc(C(=N)N)c3)cc(C(=N)N)c2)c1. The Morgan fingerprint density at radius 2 is 0.369 bits per heavy atom. The van der Waals surface area contributed by atoms with Crippen LogP contribution in [0.5, 0.6) is 115 Å². The fourth-order valence-corrected chi connectivity index (χ4v) is 14.3. The van der Waals surface area contributed by atoms with Crippen molar-refractivity contribution in [2.75, 3.05) is 110 Å². The molecule has 38 heteroatoms. The number of unbranched alkanes of at least 4 members (excludes halogenated alkanes) is 14. The number of rotatable bonds is 61. The largest absolute Gasteiger partial charge is 0.508 e. The molecule has 0 spiro atoms. The van der Waals surface area contributed by atoms with Gasteiger partial charge in [0.15, 0.2) is 0 Å².